The van der Waals surface area contributed by atoms with Crippen LogP contribution >= 0.6 is 0 Å². The lowest BCUT2D eigenvalue weighted by Gasteiger charge is -2.27. The standard InChI is InChI=1S/C11H16N2O5/c1-12(9(15)5-2-3-8-14)18-13-10(16)6-4-7-11(13)17/h8H,2-7H2,1H3. The molecule has 1 rings (SSSR count). The predicted molar refractivity (Wildman–Crippen MR) is 59.5 cm³/mol. The van der Waals surface area contributed by atoms with E-state index in [9.17, 15) is 19.2 Å². The van der Waals surface area contributed by atoms with Gasteiger partial charge in [-0.05, 0) is 12.8 Å². The third kappa shape index (κ3) is 3.92. The number of unbranched alkanes of at least 4 members (excludes halogenated alkanes) is 1. The molecule has 0 aromatic heterocycles. The Kier molecular flexibility index (Phi) is 5.44. The molecule has 7 heteroatoms. The van der Waals surface area contributed by atoms with Crippen molar-refractivity contribution in [2.75, 3.05) is 7.05 Å². The van der Waals surface area contributed by atoms with E-state index in [1.807, 2.05) is 0 Å². The average molecular weight is 256 g/mol. The Labute approximate surface area is 105 Å². The molecule has 100 valence electrons. The van der Waals surface area contributed by atoms with Crippen molar-refractivity contribution in [3.63, 3.8) is 0 Å². The molecule has 0 spiro atoms. The molecule has 1 fully saturated rings. The zero-order valence-electron chi connectivity index (χ0n) is 10.3. The lowest BCUT2D eigenvalue weighted by atomic mass is 10.1. The number of hydroxylamine groups is 4. The molecule has 0 saturated carbocycles. The highest BCUT2D eigenvalue weighted by Crippen LogP contribution is 2.13. The Morgan fingerprint density at radius 3 is 2.56 bits per heavy atom. The summed E-state index contributed by atoms with van der Waals surface area (Å²) in [6, 6.07) is 0. The van der Waals surface area contributed by atoms with Crippen molar-refractivity contribution in [3.8, 4) is 0 Å². The molecule has 0 N–H and O–H groups in total. The number of piperidine rings is 1. The molecule has 0 aromatic carbocycles. The van der Waals surface area contributed by atoms with Crippen molar-refractivity contribution in [2.45, 2.75) is 38.5 Å². The second-order valence-corrected chi connectivity index (χ2v) is 3.97. The van der Waals surface area contributed by atoms with Gasteiger partial charge in [0.15, 0.2) is 0 Å². The summed E-state index contributed by atoms with van der Waals surface area (Å²) >= 11 is 0. The number of hydrogen-bond acceptors (Lipinski definition) is 5. The van der Waals surface area contributed by atoms with Crippen LogP contribution < -0.4 is 0 Å². The molecule has 3 amide bonds. The molecule has 0 aliphatic carbocycles. The van der Waals surface area contributed by atoms with Gasteiger partial charge in [0.05, 0.1) is 0 Å². The maximum atomic E-state index is 11.5. The summed E-state index contributed by atoms with van der Waals surface area (Å²) in [5.41, 5.74) is 0. The number of aldehydes is 1. The highest BCUT2D eigenvalue weighted by Gasteiger charge is 2.29. The molecule has 1 aliphatic heterocycles. The largest absolute Gasteiger partial charge is 0.303 e. The summed E-state index contributed by atoms with van der Waals surface area (Å²) in [5, 5.41) is 1.48. The van der Waals surface area contributed by atoms with Crippen LogP contribution in [0.5, 0.6) is 0 Å². The molecule has 0 atom stereocenters. The number of rotatable bonds is 6. The number of hydrogen-bond donors (Lipinski definition) is 0. The lowest BCUT2D eigenvalue weighted by Crippen LogP contribution is -2.45. The molecule has 0 unspecified atom stereocenters. The van der Waals surface area contributed by atoms with Crippen molar-refractivity contribution in [3.05, 3.63) is 0 Å². The first-order valence-corrected chi connectivity index (χ1v) is 5.80. The van der Waals surface area contributed by atoms with E-state index in [1.165, 1.54) is 7.05 Å². The van der Waals surface area contributed by atoms with Gasteiger partial charge in [0.25, 0.3) is 11.8 Å². The van der Waals surface area contributed by atoms with E-state index >= 15 is 0 Å². The predicted octanol–water partition coefficient (Wildman–Crippen LogP) is 0.200. The van der Waals surface area contributed by atoms with Crippen LogP contribution in [-0.4, -0.2) is 41.2 Å². The molecular weight excluding hydrogens is 240 g/mol. The van der Waals surface area contributed by atoms with E-state index < -0.39 is 11.8 Å². The lowest BCUT2D eigenvalue weighted by molar-refractivity contribution is -0.280. The number of carbonyl (C=O) groups is 4. The van der Waals surface area contributed by atoms with E-state index in [0.29, 0.717) is 24.3 Å². The minimum absolute atomic E-state index is 0.130. The third-order valence-corrected chi connectivity index (χ3v) is 2.50. The van der Waals surface area contributed by atoms with Crippen molar-refractivity contribution in [1.82, 2.24) is 10.1 Å². The van der Waals surface area contributed by atoms with Crippen molar-refractivity contribution >= 4 is 24.0 Å². The SMILES string of the molecule is CN(ON1C(=O)CCCC1=O)C(=O)CCCC=O. The first kappa shape index (κ1) is 14.3. The van der Waals surface area contributed by atoms with Crippen LogP contribution in [-0.2, 0) is 24.1 Å². The van der Waals surface area contributed by atoms with Gasteiger partial charge >= 0.3 is 0 Å². The van der Waals surface area contributed by atoms with Crippen LogP contribution in [0.1, 0.15) is 38.5 Å². The average Bonchev–Trinajstić information content (AvgIpc) is 2.34. The second-order valence-electron chi connectivity index (χ2n) is 3.97. The third-order valence-electron chi connectivity index (χ3n) is 2.50. The molecule has 1 heterocycles. The number of nitrogens with zero attached hydrogens (tertiary/aromatic N) is 2. The summed E-state index contributed by atoms with van der Waals surface area (Å²) in [7, 11) is 1.33. The quantitative estimate of drug-likeness (QED) is 0.293. The zero-order chi connectivity index (χ0) is 13.5. The van der Waals surface area contributed by atoms with Gasteiger partial charge in [-0.2, -0.15) is 5.06 Å². The van der Waals surface area contributed by atoms with Crippen molar-refractivity contribution < 1.29 is 24.1 Å². The Hall–Kier alpha value is -1.76. The van der Waals surface area contributed by atoms with E-state index in [-0.39, 0.29) is 25.2 Å². The van der Waals surface area contributed by atoms with Crippen molar-refractivity contribution in [1.29, 1.82) is 0 Å². The Balaban J connectivity index is 2.44. The molecule has 18 heavy (non-hydrogen) atoms. The summed E-state index contributed by atoms with van der Waals surface area (Å²) in [5.74, 6) is -1.28. The second kappa shape index (κ2) is 6.85. The van der Waals surface area contributed by atoms with Gasteiger partial charge in [-0.3, -0.25) is 14.4 Å². The number of amides is 3. The van der Waals surface area contributed by atoms with Crippen molar-refractivity contribution in [2.24, 2.45) is 0 Å². The van der Waals surface area contributed by atoms with Gasteiger partial charge in [-0.15, -0.1) is 10.0 Å². The molecule has 1 saturated heterocycles. The first-order chi connectivity index (χ1) is 8.56. The van der Waals surface area contributed by atoms with Crippen LogP contribution in [0.2, 0.25) is 0 Å². The van der Waals surface area contributed by atoms with Gasteiger partial charge in [0.2, 0.25) is 5.91 Å². The van der Waals surface area contributed by atoms with Gasteiger partial charge in [0, 0.05) is 32.7 Å². The van der Waals surface area contributed by atoms with Crippen LogP contribution in [0.4, 0.5) is 0 Å². The fourth-order valence-electron chi connectivity index (χ4n) is 1.49. The monoisotopic (exact) mass is 256 g/mol. The van der Waals surface area contributed by atoms with Crippen LogP contribution in [0.3, 0.4) is 0 Å². The van der Waals surface area contributed by atoms with Crippen LogP contribution in [0, 0.1) is 0 Å². The van der Waals surface area contributed by atoms with Gasteiger partial charge in [-0.1, -0.05) is 0 Å². The normalized spacial score (nSPS) is 15.7. The van der Waals surface area contributed by atoms with Crippen LogP contribution in [0.25, 0.3) is 0 Å². The van der Waals surface area contributed by atoms with E-state index in [0.717, 1.165) is 11.3 Å². The van der Waals surface area contributed by atoms with E-state index in [2.05, 4.69) is 0 Å². The van der Waals surface area contributed by atoms with E-state index in [4.69, 9.17) is 4.94 Å². The molecule has 7 nitrogen and oxygen atoms in total. The summed E-state index contributed by atoms with van der Waals surface area (Å²) < 4.78 is 0. The van der Waals surface area contributed by atoms with Gasteiger partial charge < -0.3 is 4.79 Å². The smallest absolute Gasteiger partial charge is 0.255 e. The topological polar surface area (TPSA) is 84.0 Å². The van der Waals surface area contributed by atoms with Gasteiger partial charge in [0.1, 0.15) is 6.29 Å². The minimum Gasteiger partial charge on any atom is -0.303 e. The molecule has 0 aromatic rings. The Bertz CT molecular complexity index is 339. The fraction of sp³-hybridized carbons (Fsp3) is 0.636. The highest BCUT2D eigenvalue weighted by molar-refractivity contribution is 5.96. The fourth-order valence-corrected chi connectivity index (χ4v) is 1.49. The molecule has 1 aliphatic rings. The Morgan fingerprint density at radius 1 is 1.39 bits per heavy atom. The maximum Gasteiger partial charge on any atom is 0.255 e. The zero-order valence-corrected chi connectivity index (χ0v) is 10.3. The molecule has 0 radical (unpaired) electrons. The van der Waals surface area contributed by atoms with Crippen LogP contribution in [0.15, 0.2) is 0 Å². The first-order valence-electron chi connectivity index (χ1n) is 5.80. The minimum atomic E-state index is -0.446. The van der Waals surface area contributed by atoms with Gasteiger partial charge in [-0.25, -0.2) is 0 Å². The Morgan fingerprint density at radius 2 is 2.00 bits per heavy atom. The summed E-state index contributed by atoms with van der Waals surface area (Å²) in [6.45, 7) is 0. The van der Waals surface area contributed by atoms with E-state index in [1.54, 1.807) is 0 Å². The highest BCUT2D eigenvalue weighted by atomic mass is 16.8. The molecular formula is C11H16N2O5. The maximum absolute atomic E-state index is 11.5. The molecule has 0 bridgehead atoms. The number of imide groups is 1. The number of carbonyl (C=O) groups excluding carboxylic acids is 4. The summed E-state index contributed by atoms with van der Waals surface area (Å²) in [6.07, 6.45) is 2.54. The summed E-state index contributed by atoms with van der Waals surface area (Å²) in [4.78, 5) is 49.4.